The molecule has 5 fully saturated rings. The van der Waals surface area contributed by atoms with E-state index in [0.717, 1.165) is 91.9 Å². The number of carbonyl (C=O) groups is 4. The van der Waals surface area contributed by atoms with Crippen molar-refractivity contribution in [1.82, 2.24) is 40.0 Å². The minimum atomic E-state index is -1.16. The van der Waals surface area contributed by atoms with Crippen LogP contribution in [0.15, 0.2) is 97.3 Å². The van der Waals surface area contributed by atoms with Crippen LogP contribution in [0, 0.1) is 0 Å². The summed E-state index contributed by atoms with van der Waals surface area (Å²) in [4.78, 5) is 74.0. The Hall–Kier alpha value is -6.44. The molecule has 3 aliphatic carbocycles. The number of hydrogen-bond donors (Lipinski definition) is 4. The molecule has 0 unspecified atom stereocenters. The van der Waals surface area contributed by atoms with Crippen LogP contribution in [0.5, 0.6) is 0 Å². The summed E-state index contributed by atoms with van der Waals surface area (Å²) in [5.74, 6) is 1.08. The smallest absolute Gasteiger partial charge is 0.407 e. The number of imidazole rings is 2. The molecule has 4 atom stereocenters. The maximum absolute atomic E-state index is 14.1. The summed E-state index contributed by atoms with van der Waals surface area (Å²) in [5, 5.41) is 12.6. The van der Waals surface area contributed by atoms with Crippen LogP contribution in [0.4, 0.5) is 9.59 Å². The standard InChI is InChI=1S/C48H54N8O6/c1-54(46(60)61)40(33-13-7-4-8-14-33)44(58)56-28-10-15-36(56)41-49-29-35(51-41)31-17-19-34(20-18-31)47-21-24-48(25-22-47,26-23-47)38-30-50-42(52-38)37-16-9-27-55(37)43(57)39(53-45(59)62-2)32-11-5-3-6-12-32/h3-8,11-14,17-20,29-30,36-37,39-40H,9-10,15-16,21-28H2,1-2H3,(H,49,51)(H,50,52)(H,53,59)(H,60,61)/t36-,37-,39+,40+,47?,48?/m0/s1. The summed E-state index contributed by atoms with van der Waals surface area (Å²) in [6.45, 7) is 1.12. The van der Waals surface area contributed by atoms with Crippen molar-refractivity contribution in [3.63, 3.8) is 0 Å². The summed E-state index contributed by atoms with van der Waals surface area (Å²) in [7, 11) is 2.74. The number of carbonyl (C=O) groups excluding carboxylic acids is 3. The molecule has 0 radical (unpaired) electrons. The lowest BCUT2D eigenvalue weighted by Gasteiger charge is -2.53. The largest absolute Gasteiger partial charge is 0.465 e. The van der Waals surface area contributed by atoms with Crippen molar-refractivity contribution in [3.8, 4) is 11.3 Å². The van der Waals surface area contributed by atoms with E-state index < -0.39 is 24.3 Å². The summed E-state index contributed by atoms with van der Waals surface area (Å²) < 4.78 is 4.87. The molecule has 2 aromatic heterocycles. The van der Waals surface area contributed by atoms with Gasteiger partial charge in [0.2, 0.25) is 0 Å². The highest BCUT2D eigenvalue weighted by atomic mass is 16.5. The maximum atomic E-state index is 14.1. The zero-order valence-corrected chi connectivity index (χ0v) is 35.3. The number of methoxy groups -OCH3 is 1. The molecule has 4 N–H and O–H groups in total. The number of benzene rings is 3. The fourth-order valence-electron chi connectivity index (χ4n) is 10.8. The minimum absolute atomic E-state index is 0.0192. The molecule has 2 aliphatic heterocycles. The first-order chi connectivity index (χ1) is 30.1. The number of amides is 4. The Morgan fingerprint density at radius 1 is 0.742 bits per heavy atom. The van der Waals surface area contributed by atoms with E-state index in [-0.39, 0.29) is 34.7 Å². The van der Waals surface area contributed by atoms with E-state index in [4.69, 9.17) is 14.7 Å². The first kappa shape index (κ1) is 40.9. The maximum Gasteiger partial charge on any atom is 0.407 e. The average molecular weight is 839 g/mol. The van der Waals surface area contributed by atoms with Gasteiger partial charge in [-0.1, -0.05) is 84.9 Å². The van der Waals surface area contributed by atoms with Crippen molar-refractivity contribution in [1.29, 1.82) is 0 Å². The third-order valence-corrected chi connectivity index (χ3v) is 14.4. The number of aromatic nitrogens is 4. The molecule has 322 valence electrons. The van der Waals surface area contributed by atoms with E-state index in [0.29, 0.717) is 30.0 Å². The quantitative estimate of drug-likeness (QED) is 0.103. The number of hydrogen-bond acceptors (Lipinski definition) is 7. The number of rotatable bonds is 11. The van der Waals surface area contributed by atoms with Gasteiger partial charge in [-0.05, 0) is 91.9 Å². The number of alkyl carbamates (subject to hydrolysis) is 1. The molecule has 0 spiro atoms. The fourth-order valence-corrected chi connectivity index (χ4v) is 10.8. The highest BCUT2D eigenvalue weighted by molar-refractivity contribution is 5.88. The number of aromatic amines is 2. The molecular weight excluding hydrogens is 785 g/mol. The first-order valence-corrected chi connectivity index (χ1v) is 21.8. The number of likely N-dealkylation sites (tertiary alicyclic amines) is 2. The van der Waals surface area contributed by atoms with Crippen molar-refractivity contribution in [3.05, 3.63) is 131 Å². The second-order valence-corrected chi connectivity index (χ2v) is 17.6. The second kappa shape index (κ2) is 16.8. The van der Waals surface area contributed by atoms with Gasteiger partial charge in [0.25, 0.3) is 11.8 Å². The average Bonchev–Trinajstić information content (AvgIpc) is 4.17. The van der Waals surface area contributed by atoms with Crippen LogP contribution in [0.1, 0.15) is 122 Å². The molecule has 2 bridgehead atoms. The molecule has 14 heteroatoms. The summed E-state index contributed by atoms with van der Waals surface area (Å²) in [5.41, 5.74) is 5.88. The monoisotopic (exact) mass is 838 g/mol. The van der Waals surface area contributed by atoms with E-state index in [1.54, 1.807) is 17.0 Å². The summed E-state index contributed by atoms with van der Waals surface area (Å²) in [6, 6.07) is 24.9. The van der Waals surface area contributed by atoms with Gasteiger partial charge in [0.05, 0.1) is 31.1 Å². The van der Waals surface area contributed by atoms with Gasteiger partial charge in [0, 0.05) is 37.4 Å². The number of fused-ring (bicyclic) bond motifs is 3. The van der Waals surface area contributed by atoms with E-state index in [2.05, 4.69) is 39.6 Å². The topological polar surface area (TPSA) is 177 Å². The van der Waals surface area contributed by atoms with Crippen LogP contribution in [0.3, 0.4) is 0 Å². The van der Waals surface area contributed by atoms with E-state index in [1.807, 2.05) is 65.8 Å². The van der Waals surface area contributed by atoms with E-state index >= 15 is 0 Å². The lowest BCUT2D eigenvalue weighted by molar-refractivity contribution is -0.137. The number of carboxylic acid groups (broad SMARTS) is 1. The molecule has 10 rings (SSSR count). The van der Waals surface area contributed by atoms with Crippen LogP contribution in [0.25, 0.3) is 11.3 Å². The van der Waals surface area contributed by atoms with E-state index in [1.165, 1.54) is 19.7 Å². The van der Waals surface area contributed by atoms with Gasteiger partial charge in [-0.2, -0.15) is 0 Å². The lowest BCUT2D eigenvalue weighted by atomic mass is 9.51. The Labute approximate surface area is 361 Å². The molecule has 62 heavy (non-hydrogen) atoms. The Balaban J connectivity index is 0.857. The Morgan fingerprint density at radius 3 is 1.89 bits per heavy atom. The van der Waals surface area contributed by atoms with Gasteiger partial charge >= 0.3 is 12.2 Å². The van der Waals surface area contributed by atoms with Crippen molar-refractivity contribution in [2.75, 3.05) is 27.2 Å². The van der Waals surface area contributed by atoms with Gasteiger partial charge in [-0.25, -0.2) is 19.6 Å². The van der Waals surface area contributed by atoms with Crippen LogP contribution in [0.2, 0.25) is 0 Å². The summed E-state index contributed by atoms with van der Waals surface area (Å²) >= 11 is 0. The number of likely N-dealkylation sites (N-methyl/N-ethyl adjacent to an activating group) is 1. The Kier molecular flexibility index (Phi) is 11.1. The van der Waals surface area contributed by atoms with Crippen LogP contribution < -0.4 is 5.32 Å². The van der Waals surface area contributed by atoms with Crippen molar-refractivity contribution >= 4 is 24.0 Å². The predicted octanol–water partition coefficient (Wildman–Crippen LogP) is 8.12. The molecule has 3 aromatic carbocycles. The van der Waals surface area contributed by atoms with Gasteiger partial charge in [0.1, 0.15) is 23.7 Å². The van der Waals surface area contributed by atoms with Gasteiger partial charge < -0.3 is 34.9 Å². The molecular formula is C48H54N8O6. The highest BCUT2D eigenvalue weighted by Crippen LogP contribution is 2.58. The van der Waals surface area contributed by atoms with Gasteiger partial charge in [-0.15, -0.1) is 0 Å². The number of ether oxygens (including phenoxy) is 1. The normalized spacial score (nSPS) is 24.1. The SMILES string of the molecule is COC(=O)N[C@@H](C(=O)N1CCC[C@H]1c1ncc(C23CCC(c4ccc(-c5cnc([C@@H]6CCCN6C(=O)[C@@H](c6ccccc6)N(C)C(=O)O)[nH]5)cc4)(CC2)CC3)[nH]1)c1ccccc1. The van der Waals surface area contributed by atoms with Crippen molar-refractivity contribution in [2.45, 2.75) is 99.2 Å². The van der Waals surface area contributed by atoms with Crippen LogP contribution in [-0.2, 0) is 25.2 Å². The fraction of sp³-hybridized carbons (Fsp3) is 0.417. The molecule has 4 amide bonds. The number of nitrogens with zero attached hydrogens (tertiary/aromatic N) is 5. The van der Waals surface area contributed by atoms with Crippen LogP contribution in [-0.4, -0.2) is 91.0 Å². The van der Waals surface area contributed by atoms with E-state index in [9.17, 15) is 24.3 Å². The Morgan fingerprint density at radius 2 is 1.29 bits per heavy atom. The molecule has 14 nitrogen and oxygen atoms in total. The molecule has 2 saturated heterocycles. The summed E-state index contributed by atoms with van der Waals surface area (Å²) in [6.07, 6.45) is 11.6. The lowest BCUT2D eigenvalue weighted by Crippen LogP contribution is -2.46. The number of nitrogens with one attached hydrogen (secondary N) is 3. The zero-order chi connectivity index (χ0) is 43.0. The predicted molar refractivity (Wildman–Crippen MR) is 231 cm³/mol. The molecule has 5 aliphatic rings. The second-order valence-electron chi connectivity index (χ2n) is 17.6. The van der Waals surface area contributed by atoms with Gasteiger partial charge in [-0.3, -0.25) is 14.5 Å². The zero-order valence-electron chi connectivity index (χ0n) is 35.3. The third kappa shape index (κ3) is 7.49. The molecule has 3 saturated carbocycles. The van der Waals surface area contributed by atoms with Crippen LogP contribution >= 0.6 is 0 Å². The van der Waals surface area contributed by atoms with Crippen molar-refractivity contribution in [2.24, 2.45) is 0 Å². The minimum Gasteiger partial charge on any atom is -0.465 e. The molecule has 5 aromatic rings. The highest BCUT2D eigenvalue weighted by Gasteiger charge is 2.51. The Bertz CT molecular complexity index is 2390. The van der Waals surface area contributed by atoms with Crippen molar-refractivity contribution < 1.29 is 29.0 Å². The third-order valence-electron chi connectivity index (χ3n) is 14.4. The molecule has 4 heterocycles. The first-order valence-electron chi connectivity index (χ1n) is 21.8. The van der Waals surface area contributed by atoms with Gasteiger partial charge in [0.15, 0.2) is 0 Å². The number of H-pyrrole nitrogens is 2.